The molecule has 7 heteroatoms. The van der Waals surface area contributed by atoms with Gasteiger partial charge in [-0.1, -0.05) is 13.0 Å². The number of amides is 2. The van der Waals surface area contributed by atoms with Crippen LogP contribution in [0.25, 0.3) is 0 Å². The molecule has 0 unspecified atom stereocenters. The monoisotopic (exact) mass is 321 g/mol. The van der Waals surface area contributed by atoms with E-state index < -0.39 is 0 Å². The predicted octanol–water partition coefficient (Wildman–Crippen LogP) is 1.38. The van der Waals surface area contributed by atoms with Gasteiger partial charge in [0.2, 0.25) is 5.91 Å². The van der Waals surface area contributed by atoms with Crippen molar-refractivity contribution in [1.82, 2.24) is 10.2 Å². The van der Waals surface area contributed by atoms with Crippen molar-refractivity contribution in [2.75, 3.05) is 31.6 Å². The van der Waals surface area contributed by atoms with E-state index in [-0.39, 0.29) is 16.9 Å². The van der Waals surface area contributed by atoms with Gasteiger partial charge in [0.1, 0.15) is 0 Å². The van der Waals surface area contributed by atoms with E-state index in [1.54, 1.807) is 36.1 Å². The number of anilines is 1. The van der Waals surface area contributed by atoms with Crippen molar-refractivity contribution in [3.63, 3.8) is 0 Å². The number of nitrogens with one attached hydrogen (secondary N) is 2. The zero-order valence-corrected chi connectivity index (χ0v) is 13.2. The summed E-state index contributed by atoms with van der Waals surface area (Å²) in [6, 6.07) is 7.06. The molecule has 2 amide bonds. The second kappa shape index (κ2) is 7.86. The molecule has 1 aromatic carbocycles. The van der Waals surface area contributed by atoms with Crippen LogP contribution in [0.1, 0.15) is 23.7 Å². The standard InChI is InChI=1S/C15H19N3O3S/c1-2-13(19)17-15(22)16-12-5-3-4-11(10-12)14(20)18-6-8-21-9-7-18/h3-5,10H,2,6-9H2,1H3,(H2,16,17,19,22). The Morgan fingerprint density at radius 2 is 2.05 bits per heavy atom. The van der Waals surface area contributed by atoms with E-state index in [0.29, 0.717) is 44.0 Å². The van der Waals surface area contributed by atoms with Gasteiger partial charge in [0.25, 0.3) is 5.91 Å². The first-order chi connectivity index (χ1) is 10.6. The van der Waals surface area contributed by atoms with E-state index in [2.05, 4.69) is 10.6 Å². The molecule has 0 saturated carbocycles. The highest BCUT2D eigenvalue weighted by molar-refractivity contribution is 7.80. The summed E-state index contributed by atoms with van der Waals surface area (Å²) in [7, 11) is 0. The van der Waals surface area contributed by atoms with E-state index in [0.717, 1.165) is 0 Å². The number of carbonyl (C=O) groups is 2. The summed E-state index contributed by atoms with van der Waals surface area (Å²) < 4.78 is 5.25. The minimum absolute atomic E-state index is 0.0320. The molecule has 1 aliphatic rings. The first-order valence-electron chi connectivity index (χ1n) is 7.18. The molecule has 0 aromatic heterocycles. The smallest absolute Gasteiger partial charge is 0.254 e. The van der Waals surface area contributed by atoms with Crippen LogP contribution in [0.5, 0.6) is 0 Å². The number of rotatable bonds is 3. The molecule has 118 valence electrons. The highest BCUT2D eigenvalue weighted by Gasteiger charge is 2.18. The van der Waals surface area contributed by atoms with Gasteiger partial charge in [-0.05, 0) is 30.4 Å². The molecule has 0 aliphatic carbocycles. The number of hydrogen-bond donors (Lipinski definition) is 2. The fourth-order valence-electron chi connectivity index (χ4n) is 2.06. The second-order valence-electron chi connectivity index (χ2n) is 4.84. The van der Waals surface area contributed by atoms with E-state index in [9.17, 15) is 9.59 Å². The topological polar surface area (TPSA) is 70.7 Å². The van der Waals surface area contributed by atoms with Crippen LogP contribution >= 0.6 is 12.2 Å². The van der Waals surface area contributed by atoms with Crippen molar-refractivity contribution >= 4 is 34.8 Å². The average molecular weight is 321 g/mol. The van der Waals surface area contributed by atoms with Crippen molar-refractivity contribution in [3.8, 4) is 0 Å². The van der Waals surface area contributed by atoms with Crippen molar-refractivity contribution in [2.45, 2.75) is 13.3 Å². The summed E-state index contributed by atoms with van der Waals surface area (Å²) in [6.45, 7) is 4.08. The lowest BCUT2D eigenvalue weighted by Crippen LogP contribution is -2.40. The van der Waals surface area contributed by atoms with Crippen molar-refractivity contribution in [3.05, 3.63) is 29.8 Å². The first-order valence-corrected chi connectivity index (χ1v) is 7.59. The molecule has 0 radical (unpaired) electrons. The zero-order chi connectivity index (χ0) is 15.9. The normalized spacial score (nSPS) is 14.3. The molecule has 0 spiro atoms. The summed E-state index contributed by atoms with van der Waals surface area (Å²) in [5.74, 6) is -0.187. The molecule has 2 rings (SSSR count). The second-order valence-corrected chi connectivity index (χ2v) is 5.25. The van der Waals surface area contributed by atoms with Crippen molar-refractivity contribution < 1.29 is 14.3 Å². The predicted molar refractivity (Wildman–Crippen MR) is 87.8 cm³/mol. The van der Waals surface area contributed by atoms with E-state index in [4.69, 9.17) is 17.0 Å². The van der Waals surface area contributed by atoms with Crippen LogP contribution in [0.4, 0.5) is 5.69 Å². The van der Waals surface area contributed by atoms with Crippen LogP contribution in [0, 0.1) is 0 Å². The van der Waals surface area contributed by atoms with Gasteiger partial charge in [0.05, 0.1) is 13.2 Å². The van der Waals surface area contributed by atoms with Crippen LogP contribution in [-0.4, -0.2) is 48.1 Å². The van der Waals surface area contributed by atoms with Gasteiger partial charge in [-0.15, -0.1) is 0 Å². The average Bonchev–Trinajstić information content (AvgIpc) is 2.55. The minimum atomic E-state index is -0.155. The lowest BCUT2D eigenvalue weighted by molar-refractivity contribution is -0.119. The van der Waals surface area contributed by atoms with Crippen molar-refractivity contribution in [2.24, 2.45) is 0 Å². The van der Waals surface area contributed by atoms with E-state index in [1.807, 2.05) is 0 Å². The Morgan fingerprint density at radius 3 is 2.73 bits per heavy atom. The maximum atomic E-state index is 12.4. The largest absolute Gasteiger partial charge is 0.378 e. The Bertz CT molecular complexity index is 571. The molecule has 1 saturated heterocycles. The maximum Gasteiger partial charge on any atom is 0.254 e. The number of thiocarbonyl (C=S) groups is 1. The summed E-state index contributed by atoms with van der Waals surface area (Å²) in [5.41, 5.74) is 1.25. The molecule has 1 heterocycles. The van der Waals surface area contributed by atoms with Crippen molar-refractivity contribution in [1.29, 1.82) is 0 Å². The molecular formula is C15H19N3O3S. The summed E-state index contributed by atoms with van der Waals surface area (Å²) in [4.78, 5) is 25.4. The number of nitrogens with zero attached hydrogens (tertiary/aromatic N) is 1. The van der Waals surface area contributed by atoms with Gasteiger partial charge in [-0.25, -0.2) is 0 Å². The molecule has 22 heavy (non-hydrogen) atoms. The number of benzene rings is 1. The minimum Gasteiger partial charge on any atom is -0.378 e. The summed E-state index contributed by atoms with van der Waals surface area (Å²) >= 11 is 5.06. The Labute approximate surface area is 134 Å². The molecule has 6 nitrogen and oxygen atoms in total. The SMILES string of the molecule is CCC(=O)NC(=S)Nc1cccc(C(=O)N2CCOCC2)c1. The Kier molecular flexibility index (Phi) is 5.85. The van der Waals surface area contributed by atoms with E-state index >= 15 is 0 Å². The molecule has 1 aromatic rings. The zero-order valence-electron chi connectivity index (χ0n) is 12.4. The molecule has 1 fully saturated rings. The van der Waals surface area contributed by atoms with Gasteiger partial charge in [-0.3, -0.25) is 9.59 Å². The lowest BCUT2D eigenvalue weighted by Gasteiger charge is -2.27. The Hall–Kier alpha value is -1.99. The van der Waals surface area contributed by atoms with Gasteiger partial charge in [-0.2, -0.15) is 0 Å². The van der Waals surface area contributed by atoms with Gasteiger partial charge in [0, 0.05) is 30.8 Å². The van der Waals surface area contributed by atoms with Crippen LogP contribution in [-0.2, 0) is 9.53 Å². The van der Waals surface area contributed by atoms with Gasteiger partial charge in [0.15, 0.2) is 5.11 Å². The molecule has 0 bridgehead atoms. The van der Waals surface area contributed by atoms with Crippen LogP contribution < -0.4 is 10.6 Å². The fraction of sp³-hybridized carbons (Fsp3) is 0.400. The maximum absolute atomic E-state index is 12.4. The number of morpholine rings is 1. The highest BCUT2D eigenvalue weighted by atomic mass is 32.1. The van der Waals surface area contributed by atoms with Crippen LogP contribution in [0.3, 0.4) is 0 Å². The molecular weight excluding hydrogens is 302 g/mol. The van der Waals surface area contributed by atoms with E-state index in [1.165, 1.54) is 0 Å². The molecule has 1 aliphatic heterocycles. The first kappa shape index (κ1) is 16.4. The Morgan fingerprint density at radius 1 is 1.32 bits per heavy atom. The summed E-state index contributed by atoms with van der Waals surface area (Å²) in [5, 5.41) is 5.69. The summed E-state index contributed by atoms with van der Waals surface area (Å²) in [6.07, 6.45) is 0.359. The molecule has 0 atom stereocenters. The van der Waals surface area contributed by atoms with Crippen LogP contribution in [0.15, 0.2) is 24.3 Å². The molecule has 2 N–H and O–H groups in total. The lowest BCUT2D eigenvalue weighted by atomic mass is 10.1. The highest BCUT2D eigenvalue weighted by Crippen LogP contribution is 2.13. The van der Waals surface area contributed by atoms with Crippen LogP contribution in [0.2, 0.25) is 0 Å². The number of ether oxygens (including phenoxy) is 1. The number of hydrogen-bond acceptors (Lipinski definition) is 4. The third-order valence-corrected chi connectivity index (χ3v) is 3.44. The third kappa shape index (κ3) is 4.51. The third-order valence-electron chi connectivity index (χ3n) is 3.24. The number of carbonyl (C=O) groups excluding carboxylic acids is 2. The quantitative estimate of drug-likeness (QED) is 0.823. The van der Waals surface area contributed by atoms with Gasteiger partial charge < -0.3 is 20.3 Å². The van der Waals surface area contributed by atoms with Gasteiger partial charge >= 0.3 is 0 Å². The fourth-order valence-corrected chi connectivity index (χ4v) is 2.29. The Balaban J connectivity index is 2.01.